The van der Waals surface area contributed by atoms with Crippen molar-refractivity contribution in [3.63, 3.8) is 0 Å². The largest absolute Gasteiger partial charge is 0.310 e. The molecule has 0 aliphatic heterocycles. The molecule has 8 aromatic carbocycles. The molecule has 0 radical (unpaired) electrons. The average Bonchev–Trinajstić information content (AvgIpc) is 3.63. The number of para-hydroxylation sites is 2. The first-order valence-corrected chi connectivity index (χ1v) is 17.8. The molecule has 0 spiro atoms. The molecule has 0 saturated heterocycles. The van der Waals surface area contributed by atoms with Gasteiger partial charge < -0.3 is 9.47 Å². The van der Waals surface area contributed by atoms with Gasteiger partial charge in [-0.25, -0.2) is 0 Å². The van der Waals surface area contributed by atoms with Crippen LogP contribution >= 0.6 is 0 Å². The minimum absolute atomic E-state index is 0.0959. The number of aromatic nitrogens is 1. The van der Waals surface area contributed by atoms with Gasteiger partial charge in [-0.3, -0.25) is 0 Å². The van der Waals surface area contributed by atoms with Crippen molar-refractivity contribution in [3.05, 3.63) is 193 Å². The SMILES string of the molecule is CC1(C)c2ccccc2-c2cc3c4c5ccccc5c(N(c5ccccc5)c5ccc(-c6ccccc6)cc5)cc4n(-c4ccccc4)c3cc21. The molecule has 0 saturated carbocycles. The normalized spacial score (nSPS) is 13.1. The molecule has 1 aliphatic rings. The van der Waals surface area contributed by atoms with E-state index in [-0.39, 0.29) is 5.41 Å². The summed E-state index contributed by atoms with van der Waals surface area (Å²) in [4.78, 5) is 2.42. The maximum Gasteiger partial charge on any atom is 0.0568 e. The molecule has 2 nitrogen and oxygen atoms in total. The van der Waals surface area contributed by atoms with E-state index in [0.29, 0.717) is 0 Å². The van der Waals surface area contributed by atoms with E-state index >= 15 is 0 Å². The smallest absolute Gasteiger partial charge is 0.0568 e. The standard InChI is InChI=1S/C49H36N2/c1-49(2)43-25-15-14-22-38(43)41-30-42-45(31-44(41)49)51(36-20-10-5-11-21-36)47-32-46(39-23-12-13-24-40(39)48(42)47)50(35-18-8-4-9-19-35)37-28-26-34(27-29-37)33-16-6-3-7-17-33/h3-32H,1-2H3. The van der Waals surface area contributed by atoms with Crippen LogP contribution < -0.4 is 4.90 Å². The Labute approximate surface area is 298 Å². The van der Waals surface area contributed by atoms with E-state index < -0.39 is 0 Å². The van der Waals surface area contributed by atoms with Gasteiger partial charge in [0.15, 0.2) is 0 Å². The number of hydrogen-bond donors (Lipinski definition) is 0. The summed E-state index contributed by atoms with van der Waals surface area (Å²) in [6, 6.07) is 66.5. The Morgan fingerprint density at radius 1 is 0.431 bits per heavy atom. The molecule has 9 aromatic rings. The summed E-state index contributed by atoms with van der Waals surface area (Å²) < 4.78 is 2.49. The number of benzene rings is 8. The Morgan fingerprint density at radius 3 is 1.76 bits per heavy atom. The molecule has 1 aliphatic carbocycles. The lowest BCUT2D eigenvalue weighted by molar-refractivity contribution is 0.661. The highest BCUT2D eigenvalue weighted by molar-refractivity contribution is 6.25. The summed E-state index contributed by atoms with van der Waals surface area (Å²) in [5.74, 6) is 0. The summed E-state index contributed by atoms with van der Waals surface area (Å²) in [6.45, 7) is 4.74. The molecule has 10 rings (SSSR count). The van der Waals surface area contributed by atoms with Crippen molar-refractivity contribution in [2.24, 2.45) is 0 Å². The fraction of sp³-hybridized carbons (Fsp3) is 0.0612. The molecule has 51 heavy (non-hydrogen) atoms. The topological polar surface area (TPSA) is 8.17 Å². The molecule has 0 N–H and O–H groups in total. The van der Waals surface area contributed by atoms with Gasteiger partial charge in [-0.05, 0) is 93.4 Å². The first kappa shape index (κ1) is 29.5. The molecule has 2 heteroatoms. The lowest BCUT2D eigenvalue weighted by Gasteiger charge is -2.27. The van der Waals surface area contributed by atoms with Crippen LogP contribution in [0.2, 0.25) is 0 Å². The van der Waals surface area contributed by atoms with Gasteiger partial charge in [0.1, 0.15) is 0 Å². The zero-order valence-corrected chi connectivity index (χ0v) is 28.7. The molecule has 0 unspecified atom stereocenters. The zero-order chi connectivity index (χ0) is 34.1. The minimum atomic E-state index is -0.0959. The van der Waals surface area contributed by atoms with Crippen LogP contribution in [-0.4, -0.2) is 4.57 Å². The molecule has 0 bridgehead atoms. The van der Waals surface area contributed by atoms with Crippen LogP contribution in [0.1, 0.15) is 25.0 Å². The molecular weight excluding hydrogens is 617 g/mol. The second kappa shape index (κ2) is 11.3. The first-order chi connectivity index (χ1) is 25.1. The molecule has 0 amide bonds. The van der Waals surface area contributed by atoms with Crippen molar-refractivity contribution in [1.29, 1.82) is 0 Å². The Balaban J connectivity index is 1.30. The maximum absolute atomic E-state index is 2.49. The minimum Gasteiger partial charge on any atom is -0.310 e. The van der Waals surface area contributed by atoms with Crippen molar-refractivity contribution < 1.29 is 0 Å². The fourth-order valence-corrected chi connectivity index (χ4v) is 8.53. The number of nitrogens with zero attached hydrogens (tertiary/aromatic N) is 2. The van der Waals surface area contributed by atoms with E-state index in [9.17, 15) is 0 Å². The summed E-state index contributed by atoms with van der Waals surface area (Å²) in [7, 11) is 0. The third-order valence-corrected chi connectivity index (χ3v) is 11.0. The van der Waals surface area contributed by atoms with E-state index in [1.54, 1.807) is 0 Å². The number of anilines is 3. The van der Waals surface area contributed by atoms with Crippen LogP contribution in [0, 0.1) is 0 Å². The second-order valence-electron chi connectivity index (χ2n) is 14.2. The average molecular weight is 653 g/mol. The zero-order valence-electron chi connectivity index (χ0n) is 28.7. The van der Waals surface area contributed by atoms with E-state index in [1.165, 1.54) is 66.0 Å². The summed E-state index contributed by atoms with van der Waals surface area (Å²) in [5.41, 5.74) is 14.8. The Morgan fingerprint density at radius 2 is 1.02 bits per heavy atom. The van der Waals surface area contributed by atoms with Gasteiger partial charge in [-0.2, -0.15) is 0 Å². The summed E-state index contributed by atoms with van der Waals surface area (Å²) in [6.07, 6.45) is 0. The van der Waals surface area contributed by atoms with Crippen molar-refractivity contribution >= 4 is 49.6 Å². The highest BCUT2D eigenvalue weighted by atomic mass is 15.1. The first-order valence-electron chi connectivity index (χ1n) is 17.8. The lowest BCUT2D eigenvalue weighted by Crippen LogP contribution is -2.14. The predicted molar refractivity (Wildman–Crippen MR) is 216 cm³/mol. The van der Waals surface area contributed by atoms with E-state index in [4.69, 9.17) is 0 Å². The van der Waals surface area contributed by atoms with Crippen LogP contribution in [-0.2, 0) is 5.41 Å². The Bertz CT molecular complexity index is 2740. The van der Waals surface area contributed by atoms with Gasteiger partial charge in [0.2, 0.25) is 0 Å². The third-order valence-electron chi connectivity index (χ3n) is 11.0. The summed E-state index contributed by atoms with van der Waals surface area (Å²) in [5, 5.41) is 5.03. The van der Waals surface area contributed by atoms with Crippen molar-refractivity contribution in [1.82, 2.24) is 4.57 Å². The molecule has 242 valence electrons. The monoisotopic (exact) mass is 652 g/mol. The van der Waals surface area contributed by atoms with E-state index in [2.05, 4.69) is 205 Å². The highest BCUT2D eigenvalue weighted by Gasteiger charge is 2.36. The van der Waals surface area contributed by atoms with Gasteiger partial charge in [-0.15, -0.1) is 0 Å². The van der Waals surface area contributed by atoms with Gasteiger partial charge in [0.05, 0.1) is 16.7 Å². The van der Waals surface area contributed by atoms with Crippen LogP contribution in [0.4, 0.5) is 17.1 Å². The van der Waals surface area contributed by atoms with Crippen LogP contribution in [0.15, 0.2) is 182 Å². The Hall–Kier alpha value is -6.38. The van der Waals surface area contributed by atoms with Gasteiger partial charge in [0, 0.05) is 38.6 Å². The quantitative estimate of drug-likeness (QED) is 0.180. The summed E-state index contributed by atoms with van der Waals surface area (Å²) >= 11 is 0. The number of rotatable bonds is 5. The van der Waals surface area contributed by atoms with Gasteiger partial charge in [0.25, 0.3) is 0 Å². The molecule has 0 fully saturated rings. The Kier molecular flexibility index (Phi) is 6.56. The van der Waals surface area contributed by atoms with Gasteiger partial charge >= 0.3 is 0 Å². The second-order valence-corrected chi connectivity index (χ2v) is 14.2. The predicted octanol–water partition coefficient (Wildman–Crippen LogP) is 13.4. The number of hydrogen-bond acceptors (Lipinski definition) is 1. The van der Waals surface area contributed by atoms with Crippen LogP contribution in [0.3, 0.4) is 0 Å². The third kappa shape index (κ3) is 4.50. The highest BCUT2D eigenvalue weighted by Crippen LogP contribution is 2.52. The lowest BCUT2D eigenvalue weighted by atomic mass is 9.82. The van der Waals surface area contributed by atoms with Crippen molar-refractivity contribution in [2.45, 2.75) is 19.3 Å². The van der Waals surface area contributed by atoms with E-state index in [0.717, 1.165) is 22.7 Å². The van der Waals surface area contributed by atoms with Gasteiger partial charge in [-0.1, -0.05) is 141 Å². The maximum atomic E-state index is 2.49. The van der Waals surface area contributed by atoms with E-state index in [1.807, 2.05) is 0 Å². The molecular formula is C49H36N2. The fourth-order valence-electron chi connectivity index (χ4n) is 8.53. The molecule has 1 heterocycles. The van der Waals surface area contributed by atoms with Crippen LogP contribution in [0.5, 0.6) is 0 Å². The number of fused-ring (bicyclic) bond motifs is 8. The van der Waals surface area contributed by atoms with Crippen molar-refractivity contribution in [2.75, 3.05) is 4.90 Å². The van der Waals surface area contributed by atoms with Crippen LogP contribution in [0.25, 0.3) is 60.5 Å². The molecule has 0 atom stereocenters. The van der Waals surface area contributed by atoms with Crippen molar-refractivity contribution in [3.8, 4) is 27.9 Å². The molecule has 1 aromatic heterocycles.